The molecule has 0 bridgehead atoms. The van der Waals surface area contributed by atoms with Crippen LogP contribution in [0.3, 0.4) is 0 Å². The molecule has 2 aromatic heterocycles. The van der Waals surface area contributed by atoms with Gasteiger partial charge in [-0.3, -0.25) is 9.13 Å². The Kier molecular flexibility index (Phi) is 6.45. The van der Waals surface area contributed by atoms with E-state index in [0.717, 1.165) is 22.3 Å². The van der Waals surface area contributed by atoms with Crippen LogP contribution in [0.25, 0.3) is 22.5 Å². The maximum absolute atomic E-state index is 14.1. The van der Waals surface area contributed by atoms with E-state index in [2.05, 4.69) is 20.6 Å². The van der Waals surface area contributed by atoms with E-state index in [1.54, 1.807) is 20.8 Å². The van der Waals surface area contributed by atoms with Gasteiger partial charge in [0.1, 0.15) is 5.69 Å². The number of imidazole rings is 1. The average molecular weight is 467 g/mol. The Hall–Kier alpha value is -3.62. The normalized spacial score (nSPS) is 12.0. The fraction of sp³-hybridized carbons (Fsp3) is 0.360. The third-order valence-corrected chi connectivity index (χ3v) is 5.78. The lowest BCUT2D eigenvalue weighted by Gasteiger charge is -2.22. The van der Waals surface area contributed by atoms with Gasteiger partial charge in [0, 0.05) is 16.8 Å². The van der Waals surface area contributed by atoms with Crippen LogP contribution in [0.4, 0.5) is 8.78 Å². The molecule has 0 unspecified atom stereocenters. The minimum absolute atomic E-state index is 0.175. The molecule has 34 heavy (non-hydrogen) atoms. The number of hydrogen-bond acceptors (Lipinski definition) is 4. The predicted molar refractivity (Wildman–Crippen MR) is 127 cm³/mol. The van der Waals surface area contributed by atoms with Gasteiger partial charge in [0.2, 0.25) is 0 Å². The minimum atomic E-state index is -2.72. The molecule has 2 heterocycles. The number of halogens is 2. The Bertz CT molecular complexity index is 1320. The number of hydrogen-bond donors (Lipinski definition) is 1. The van der Waals surface area contributed by atoms with Crippen LogP contribution in [0, 0.1) is 0 Å². The molecule has 9 heteroatoms. The summed E-state index contributed by atoms with van der Waals surface area (Å²) in [5, 5.41) is 14.1. The molecule has 0 atom stereocenters. The van der Waals surface area contributed by atoms with Gasteiger partial charge in [-0.15, -0.1) is 5.10 Å². The maximum atomic E-state index is 14.1. The van der Waals surface area contributed by atoms with E-state index in [-0.39, 0.29) is 12.2 Å². The zero-order valence-corrected chi connectivity index (χ0v) is 19.7. The summed E-state index contributed by atoms with van der Waals surface area (Å²) in [6.07, 6.45) is -1.65. The van der Waals surface area contributed by atoms with Crippen LogP contribution in [0.2, 0.25) is 0 Å². The molecule has 4 aromatic rings. The van der Waals surface area contributed by atoms with Crippen LogP contribution in [0.15, 0.2) is 53.3 Å². The van der Waals surface area contributed by atoms with E-state index in [9.17, 15) is 13.6 Å². The zero-order valence-electron chi connectivity index (χ0n) is 19.7. The van der Waals surface area contributed by atoms with Gasteiger partial charge in [0.15, 0.2) is 5.82 Å². The van der Waals surface area contributed by atoms with Crippen molar-refractivity contribution in [2.24, 2.45) is 0 Å². The van der Waals surface area contributed by atoms with Crippen LogP contribution in [-0.2, 0) is 18.5 Å². The van der Waals surface area contributed by atoms with E-state index in [1.807, 2.05) is 55.5 Å². The van der Waals surface area contributed by atoms with Gasteiger partial charge in [0.25, 0.3) is 6.43 Å². The van der Waals surface area contributed by atoms with E-state index in [0.29, 0.717) is 24.4 Å². The first-order valence-corrected chi connectivity index (χ1v) is 11.3. The van der Waals surface area contributed by atoms with Crippen molar-refractivity contribution in [2.45, 2.75) is 59.0 Å². The SMILES string of the molecule is CCCc1c(C(F)F)n(C(C)(C)C)c(=O)n1Cc1ccc(-c2ccccc2-c2nnn[nH]2)cc1. The second-order valence-corrected chi connectivity index (χ2v) is 9.25. The number of rotatable bonds is 7. The predicted octanol–water partition coefficient (Wildman–Crippen LogP) is 5.19. The molecule has 178 valence electrons. The summed E-state index contributed by atoms with van der Waals surface area (Å²) < 4.78 is 30.9. The molecule has 0 aliphatic carbocycles. The first-order chi connectivity index (χ1) is 16.2. The third-order valence-electron chi connectivity index (χ3n) is 5.78. The van der Waals surface area contributed by atoms with Crippen LogP contribution >= 0.6 is 0 Å². The van der Waals surface area contributed by atoms with Gasteiger partial charge in [-0.2, -0.15) is 0 Å². The Morgan fingerprint density at radius 1 is 1.03 bits per heavy atom. The molecule has 0 spiro atoms. The maximum Gasteiger partial charge on any atom is 0.329 e. The van der Waals surface area contributed by atoms with Crippen molar-refractivity contribution in [2.75, 3.05) is 0 Å². The minimum Gasteiger partial charge on any atom is -0.291 e. The van der Waals surface area contributed by atoms with E-state index in [1.165, 1.54) is 9.13 Å². The Morgan fingerprint density at radius 2 is 1.71 bits per heavy atom. The van der Waals surface area contributed by atoms with Crippen molar-refractivity contribution in [3.05, 3.63) is 76.0 Å². The second kappa shape index (κ2) is 9.32. The van der Waals surface area contributed by atoms with Crippen LogP contribution in [0.1, 0.15) is 57.5 Å². The fourth-order valence-electron chi connectivity index (χ4n) is 4.33. The number of nitrogens with one attached hydrogen (secondary N) is 1. The molecule has 2 aromatic carbocycles. The standard InChI is InChI=1S/C25H28F2N6O/c1-5-8-20-21(22(26)27)33(25(2,3)4)24(34)32(20)15-16-11-13-17(14-12-16)18-9-6-7-10-19(18)23-28-30-31-29-23/h6-7,9-14,22H,5,8,15H2,1-4H3,(H,28,29,30,31). The quantitative estimate of drug-likeness (QED) is 0.406. The van der Waals surface area contributed by atoms with Crippen molar-refractivity contribution >= 4 is 0 Å². The smallest absolute Gasteiger partial charge is 0.291 e. The molecule has 0 saturated carbocycles. The van der Waals surface area contributed by atoms with Gasteiger partial charge in [-0.1, -0.05) is 61.9 Å². The third kappa shape index (κ3) is 4.42. The lowest BCUT2D eigenvalue weighted by atomic mass is 9.98. The molecule has 7 nitrogen and oxygen atoms in total. The molecule has 0 fully saturated rings. The molecule has 0 amide bonds. The summed E-state index contributed by atoms with van der Waals surface area (Å²) in [5.74, 6) is 0.568. The van der Waals surface area contributed by atoms with Crippen LogP contribution in [0.5, 0.6) is 0 Å². The van der Waals surface area contributed by atoms with Gasteiger partial charge in [-0.25, -0.2) is 18.7 Å². The summed E-state index contributed by atoms with van der Waals surface area (Å²) >= 11 is 0. The van der Waals surface area contributed by atoms with Crippen LogP contribution < -0.4 is 5.69 Å². The zero-order chi connectivity index (χ0) is 24.5. The lowest BCUT2D eigenvalue weighted by Crippen LogP contribution is -2.36. The number of nitrogens with zero attached hydrogens (tertiary/aromatic N) is 5. The summed E-state index contributed by atoms with van der Waals surface area (Å²) in [7, 11) is 0. The summed E-state index contributed by atoms with van der Waals surface area (Å²) in [6, 6.07) is 15.5. The van der Waals surface area contributed by atoms with Crippen molar-refractivity contribution in [1.82, 2.24) is 29.8 Å². The Morgan fingerprint density at radius 3 is 2.26 bits per heavy atom. The lowest BCUT2D eigenvalue weighted by molar-refractivity contribution is 0.132. The molecular formula is C25H28F2N6O. The monoisotopic (exact) mass is 466 g/mol. The van der Waals surface area contributed by atoms with Gasteiger partial charge >= 0.3 is 5.69 Å². The van der Waals surface area contributed by atoms with E-state index in [4.69, 9.17) is 0 Å². The van der Waals surface area contributed by atoms with Gasteiger partial charge < -0.3 is 0 Å². The highest BCUT2D eigenvalue weighted by molar-refractivity contribution is 5.80. The average Bonchev–Trinajstić information content (AvgIpc) is 3.42. The first-order valence-electron chi connectivity index (χ1n) is 11.3. The number of H-pyrrole nitrogens is 1. The van der Waals surface area contributed by atoms with Gasteiger partial charge in [0.05, 0.1) is 6.54 Å². The molecular weight excluding hydrogens is 438 g/mol. The van der Waals surface area contributed by atoms with Crippen molar-refractivity contribution in [3.63, 3.8) is 0 Å². The number of benzene rings is 2. The highest BCUT2D eigenvalue weighted by Crippen LogP contribution is 2.31. The number of aromatic amines is 1. The van der Waals surface area contributed by atoms with E-state index >= 15 is 0 Å². The van der Waals surface area contributed by atoms with Crippen molar-refractivity contribution in [1.29, 1.82) is 0 Å². The largest absolute Gasteiger partial charge is 0.329 e. The Balaban J connectivity index is 1.73. The molecule has 1 N–H and O–H groups in total. The topological polar surface area (TPSA) is 81.4 Å². The van der Waals surface area contributed by atoms with Crippen molar-refractivity contribution < 1.29 is 8.78 Å². The fourth-order valence-corrected chi connectivity index (χ4v) is 4.33. The Labute approximate surface area is 196 Å². The first kappa shape index (κ1) is 23.5. The molecule has 0 radical (unpaired) electrons. The number of tetrazole rings is 1. The summed E-state index contributed by atoms with van der Waals surface area (Å²) in [6.45, 7) is 7.48. The number of aromatic nitrogens is 6. The number of alkyl halides is 2. The molecule has 0 saturated heterocycles. The van der Waals surface area contributed by atoms with Crippen LogP contribution in [-0.4, -0.2) is 29.8 Å². The highest BCUT2D eigenvalue weighted by Gasteiger charge is 2.31. The van der Waals surface area contributed by atoms with Gasteiger partial charge in [-0.05, 0) is 54.3 Å². The summed E-state index contributed by atoms with van der Waals surface area (Å²) in [4.78, 5) is 13.3. The summed E-state index contributed by atoms with van der Waals surface area (Å²) in [5.41, 5.74) is 2.71. The highest BCUT2D eigenvalue weighted by atomic mass is 19.3. The van der Waals surface area contributed by atoms with Crippen molar-refractivity contribution in [3.8, 4) is 22.5 Å². The van der Waals surface area contributed by atoms with E-state index < -0.39 is 17.7 Å². The second-order valence-electron chi connectivity index (χ2n) is 9.25. The molecule has 4 rings (SSSR count). The molecule has 0 aliphatic heterocycles. The molecule has 0 aliphatic rings.